The summed E-state index contributed by atoms with van der Waals surface area (Å²) in [5.41, 5.74) is 0.389. The van der Waals surface area contributed by atoms with E-state index in [1.54, 1.807) is 47.0 Å². The van der Waals surface area contributed by atoms with Crippen LogP contribution in [-0.4, -0.2) is 39.0 Å². The summed E-state index contributed by atoms with van der Waals surface area (Å²) in [4.78, 5) is 29.4. The van der Waals surface area contributed by atoms with Crippen LogP contribution in [0.5, 0.6) is 0 Å². The molecule has 0 aliphatic carbocycles. The van der Waals surface area contributed by atoms with Crippen molar-refractivity contribution in [2.45, 2.75) is 29.5 Å². The Bertz CT molecular complexity index is 768. The molecule has 1 saturated heterocycles. The van der Waals surface area contributed by atoms with Crippen LogP contribution in [0.1, 0.15) is 27.5 Å². The second-order valence-electron chi connectivity index (χ2n) is 5.81. The number of hydrogen-bond donors (Lipinski definition) is 2. The zero-order valence-corrected chi connectivity index (χ0v) is 16.1. The van der Waals surface area contributed by atoms with Gasteiger partial charge in [0.15, 0.2) is 0 Å². The van der Waals surface area contributed by atoms with Crippen LogP contribution in [0.4, 0.5) is 0 Å². The minimum absolute atomic E-state index is 0.337. The molecule has 1 unspecified atom stereocenters. The smallest absolute Gasteiger partial charge is 0.330 e. The number of rotatable bonds is 6. The molecule has 3 rings (SSSR count). The number of amides is 1. The number of nitrogens with one attached hydrogen (secondary N) is 1. The summed E-state index contributed by atoms with van der Waals surface area (Å²) in [6, 6.07) is 7.24. The molecule has 1 aromatic carbocycles. The maximum Gasteiger partial charge on any atom is 0.330 e. The van der Waals surface area contributed by atoms with Gasteiger partial charge in [-0.2, -0.15) is 11.8 Å². The van der Waals surface area contributed by atoms with Gasteiger partial charge in [-0.15, -0.1) is 23.1 Å². The molecule has 5 nitrogen and oxygen atoms in total. The van der Waals surface area contributed by atoms with Gasteiger partial charge in [0.25, 0.3) is 5.91 Å². The fraction of sp³-hybridized carbons (Fsp3) is 0.353. The predicted molar refractivity (Wildman–Crippen MR) is 103 cm³/mol. The Morgan fingerprint density at radius 2 is 2.12 bits per heavy atom. The van der Waals surface area contributed by atoms with E-state index in [9.17, 15) is 14.7 Å². The zero-order chi connectivity index (χ0) is 17.9. The number of aliphatic carboxylic acids is 1. The van der Waals surface area contributed by atoms with Crippen LogP contribution in [0.15, 0.2) is 34.5 Å². The van der Waals surface area contributed by atoms with Crippen LogP contribution in [-0.2, 0) is 10.5 Å². The predicted octanol–water partition coefficient (Wildman–Crippen LogP) is 3.43. The van der Waals surface area contributed by atoms with Crippen molar-refractivity contribution in [3.63, 3.8) is 0 Å². The third-order valence-electron chi connectivity index (χ3n) is 3.95. The van der Waals surface area contributed by atoms with Gasteiger partial charge in [-0.3, -0.25) is 4.79 Å². The Labute approximate surface area is 158 Å². The van der Waals surface area contributed by atoms with Crippen LogP contribution < -0.4 is 5.32 Å². The van der Waals surface area contributed by atoms with E-state index in [1.807, 2.05) is 19.1 Å². The lowest BCUT2D eigenvalue weighted by Crippen LogP contribution is -2.54. The Kier molecular flexibility index (Phi) is 5.71. The molecule has 2 aromatic rings. The standard InChI is InChI=1S/C17H18N2O3S3/c1-11-18-13(8-24-11)9-25-14-4-2-12(3-5-14)15(20)19-17(16(21)22)6-7-23-10-17/h2-5,8H,6-7,9-10H2,1H3,(H,19,20)(H,21,22). The van der Waals surface area contributed by atoms with E-state index in [0.717, 1.165) is 27.1 Å². The molecular formula is C17H18N2O3S3. The number of nitrogens with zero attached hydrogens (tertiary/aromatic N) is 1. The first-order valence-corrected chi connectivity index (χ1v) is 10.8. The number of thiazole rings is 1. The highest BCUT2D eigenvalue weighted by Gasteiger charge is 2.43. The summed E-state index contributed by atoms with van der Waals surface area (Å²) in [5, 5.41) is 15.3. The molecule has 2 N–H and O–H groups in total. The van der Waals surface area contributed by atoms with Crippen molar-refractivity contribution in [2.24, 2.45) is 0 Å². The summed E-state index contributed by atoms with van der Waals surface area (Å²) >= 11 is 4.85. The third-order valence-corrected chi connectivity index (χ3v) is 7.01. The highest BCUT2D eigenvalue weighted by molar-refractivity contribution is 7.99. The van der Waals surface area contributed by atoms with Crippen molar-refractivity contribution in [3.8, 4) is 0 Å². The fourth-order valence-electron chi connectivity index (χ4n) is 2.51. The van der Waals surface area contributed by atoms with Gasteiger partial charge in [0.05, 0.1) is 10.7 Å². The fourth-order valence-corrected chi connectivity index (χ4v) is 5.34. The molecule has 25 heavy (non-hydrogen) atoms. The molecule has 1 fully saturated rings. The van der Waals surface area contributed by atoms with Crippen molar-refractivity contribution < 1.29 is 14.7 Å². The molecule has 1 aliphatic rings. The monoisotopic (exact) mass is 394 g/mol. The van der Waals surface area contributed by atoms with Gasteiger partial charge in [0.1, 0.15) is 5.54 Å². The largest absolute Gasteiger partial charge is 0.479 e. The number of aromatic nitrogens is 1. The molecule has 132 valence electrons. The molecule has 1 aromatic heterocycles. The van der Waals surface area contributed by atoms with Gasteiger partial charge in [0.2, 0.25) is 0 Å². The summed E-state index contributed by atoms with van der Waals surface area (Å²) in [6.45, 7) is 1.99. The zero-order valence-electron chi connectivity index (χ0n) is 13.7. The van der Waals surface area contributed by atoms with Gasteiger partial charge in [-0.1, -0.05) is 0 Å². The molecule has 0 spiro atoms. The highest BCUT2D eigenvalue weighted by Crippen LogP contribution is 2.29. The first kappa shape index (κ1) is 18.3. The number of hydrogen-bond acceptors (Lipinski definition) is 6. The van der Waals surface area contributed by atoms with Crippen molar-refractivity contribution >= 4 is 46.7 Å². The number of carbonyl (C=O) groups is 2. The maximum absolute atomic E-state index is 12.4. The third kappa shape index (κ3) is 4.37. The van der Waals surface area contributed by atoms with Gasteiger partial charge >= 0.3 is 5.97 Å². The number of carboxylic acid groups (broad SMARTS) is 1. The van der Waals surface area contributed by atoms with Crippen molar-refractivity contribution in [1.82, 2.24) is 10.3 Å². The summed E-state index contributed by atoms with van der Waals surface area (Å²) < 4.78 is 0. The number of thioether (sulfide) groups is 2. The van der Waals surface area contributed by atoms with E-state index in [2.05, 4.69) is 15.7 Å². The second kappa shape index (κ2) is 7.80. The van der Waals surface area contributed by atoms with Crippen LogP contribution in [0.25, 0.3) is 0 Å². The van der Waals surface area contributed by atoms with E-state index < -0.39 is 11.5 Å². The van der Waals surface area contributed by atoms with Gasteiger partial charge in [-0.25, -0.2) is 9.78 Å². The molecule has 0 radical (unpaired) electrons. The molecule has 8 heteroatoms. The SMILES string of the molecule is Cc1nc(CSc2ccc(C(=O)NC3(C(=O)O)CCSC3)cc2)cs1. The van der Waals surface area contributed by atoms with Crippen molar-refractivity contribution in [3.05, 3.63) is 45.9 Å². The lowest BCUT2D eigenvalue weighted by Gasteiger charge is -2.24. The maximum atomic E-state index is 12.4. The number of carbonyl (C=O) groups excluding carboxylic acids is 1. The van der Waals surface area contributed by atoms with E-state index in [4.69, 9.17) is 0 Å². The Hall–Kier alpha value is -1.51. The average Bonchev–Trinajstić information content (AvgIpc) is 3.23. The van der Waals surface area contributed by atoms with Gasteiger partial charge in [-0.05, 0) is 43.4 Å². The minimum atomic E-state index is -1.14. The summed E-state index contributed by atoms with van der Waals surface area (Å²) in [6.07, 6.45) is 0.458. The second-order valence-corrected chi connectivity index (χ2v) is 9.03. The Morgan fingerprint density at radius 1 is 1.36 bits per heavy atom. The van der Waals surface area contributed by atoms with Crippen LogP contribution >= 0.6 is 34.9 Å². The number of benzene rings is 1. The number of aryl methyl sites for hydroxylation is 1. The highest BCUT2D eigenvalue weighted by atomic mass is 32.2. The first-order chi connectivity index (χ1) is 12.0. The summed E-state index contributed by atoms with van der Waals surface area (Å²) in [7, 11) is 0. The van der Waals surface area contributed by atoms with Crippen molar-refractivity contribution in [1.29, 1.82) is 0 Å². The quantitative estimate of drug-likeness (QED) is 0.731. The van der Waals surface area contributed by atoms with Crippen molar-refractivity contribution in [2.75, 3.05) is 11.5 Å². The Morgan fingerprint density at radius 3 is 2.68 bits per heavy atom. The molecular weight excluding hydrogens is 376 g/mol. The van der Waals surface area contributed by atoms with E-state index in [-0.39, 0.29) is 5.91 Å². The van der Waals surface area contributed by atoms with Gasteiger partial charge in [0, 0.05) is 27.3 Å². The molecule has 0 bridgehead atoms. The van der Waals surface area contributed by atoms with Crippen LogP contribution in [0.2, 0.25) is 0 Å². The van der Waals surface area contributed by atoms with E-state index in [0.29, 0.717) is 17.7 Å². The van der Waals surface area contributed by atoms with E-state index in [1.165, 1.54) is 0 Å². The Balaban J connectivity index is 1.61. The molecule has 2 heterocycles. The minimum Gasteiger partial charge on any atom is -0.479 e. The van der Waals surface area contributed by atoms with E-state index >= 15 is 0 Å². The molecule has 0 saturated carbocycles. The first-order valence-electron chi connectivity index (χ1n) is 7.76. The molecule has 1 aliphatic heterocycles. The lowest BCUT2D eigenvalue weighted by molar-refractivity contribution is -0.143. The summed E-state index contributed by atoms with van der Waals surface area (Å²) in [5.74, 6) is 0.649. The topological polar surface area (TPSA) is 79.3 Å². The average molecular weight is 395 g/mol. The van der Waals surface area contributed by atoms with Gasteiger partial charge < -0.3 is 10.4 Å². The molecule has 1 amide bonds. The lowest BCUT2D eigenvalue weighted by atomic mass is 9.98. The molecule has 1 atom stereocenters. The normalized spacial score (nSPS) is 19.7. The van der Waals surface area contributed by atoms with Crippen LogP contribution in [0, 0.1) is 6.92 Å². The number of carboxylic acids is 1. The van der Waals surface area contributed by atoms with Crippen LogP contribution in [0.3, 0.4) is 0 Å².